The van der Waals surface area contributed by atoms with Gasteiger partial charge in [-0.25, -0.2) is 4.68 Å². The average molecular weight is 332 g/mol. The van der Waals surface area contributed by atoms with Gasteiger partial charge in [0.05, 0.1) is 12.8 Å². The van der Waals surface area contributed by atoms with Crippen LogP contribution in [0.2, 0.25) is 5.02 Å². The zero-order valence-corrected chi connectivity index (χ0v) is 14.2. The standard InChI is InChI=1S/C18H22ClN3O/c1-23-16-8-7-13(19)11-15(16)22-18-14(9-10-20-18)17(21-22)12-5-3-2-4-6-12/h7-8,11-12,20H,2-6,9-10H2,1H3. The molecule has 0 saturated heterocycles. The fraction of sp³-hybridized carbons (Fsp3) is 0.500. The van der Waals surface area contributed by atoms with Crippen LogP contribution in [0, 0.1) is 0 Å². The summed E-state index contributed by atoms with van der Waals surface area (Å²) < 4.78 is 7.52. The molecular weight excluding hydrogens is 310 g/mol. The van der Waals surface area contributed by atoms with Crippen molar-refractivity contribution in [2.75, 3.05) is 19.0 Å². The third-order valence-electron chi connectivity index (χ3n) is 5.04. The molecule has 0 amide bonds. The molecule has 0 spiro atoms. The van der Waals surface area contributed by atoms with Crippen LogP contribution in [-0.4, -0.2) is 23.4 Å². The number of halogens is 1. The fourth-order valence-electron chi connectivity index (χ4n) is 3.91. The number of anilines is 1. The van der Waals surface area contributed by atoms with Gasteiger partial charge in [0.1, 0.15) is 17.3 Å². The lowest BCUT2D eigenvalue weighted by Gasteiger charge is -2.20. The van der Waals surface area contributed by atoms with E-state index in [0.717, 1.165) is 30.2 Å². The lowest BCUT2D eigenvalue weighted by atomic mass is 9.85. The third-order valence-corrected chi connectivity index (χ3v) is 5.28. The van der Waals surface area contributed by atoms with Crippen LogP contribution in [0.3, 0.4) is 0 Å². The van der Waals surface area contributed by atoms with Gasteiger partial charge in [0.25, 0.3) is 0 Å². The van der Waals surface area contributed by atoms with Gasteiger partial charge in [-0.3, -0.25) is 0 Å². The summed E-state index contributed by atoms with van der Waals surface area (Å²) in [6, 6.07) is 5.68. The summed E-state index contributed by atoms with van der Waals surface area (Å²) in [6.45, 7) is 0.982. The highest BCUT2D eigenvalue weighted by Crippen LogP contribution is 2.40. The zero-order valence-electron chi connectivity index (χ0n) is 13.4. The van der Waals surface area contributed by atoms with Crippen molar-refractivity contribution in [3.63, 3.8) is 0 Å². The number of benzene rings is 1. The molecule has 122 valence electrons. The van der Waals surface area contributed by atoms with Crippen LogP contribution in [0.4, 0.5) is 5.82 Å². The van der Waals surface area contributed by atoms with Gasteiger partial charge in [-0.1, -0.05) is 30.9 Å². The lowest BCUT2D eigenvalue weighted by molar-refractivity contribution is 0.410. The maximum absolute atomic E-state index is 6.21. The molecule has 0 unspecified atom stereocenters. The molecule has 0 bridgehead atoms. The van der Waals surface area contributed by atoms with Crippen molar-refractivity contribution in [2.45, 2.75) is 44.4 Å². The quantitative estimate of drug-likeness (QED) is 0.896. The summed E-state index contributed by atoms with van der Waals surface area (Å²) >= 11 is 6.21. The molecule has 0 radical (unpaired) electrons. The van der Waals surface area contributed by atoms with Crippen LogP contribution >= 0.6 is 11.6 Å². The molecule has 1 aromatic heterocycles. The van der Waals surface area contributed by atoms with Crippen LogP contribution in [0.5, 0.6) is 5.75 Å². The minimum atomic E-state index is 0.601. The molecule has 2 aliphatic rings. The molecule has 1 saturated carbocycles. The van der Waals surface area contributed by atoms with E-state index in [2.05, 4.69) is 5.32 Å². The molecule has 23 heavy (non-hydrogen) atoms. The number of hydrogen-bond donors (Lipinski definition) is 1. The van der Waals surface area contributed by atoms with Crippen molar-refractivity contribution >= 4 is 17.4 Å². The van der Waals surface area contributed by atoms with Crippen molar-refractivity contribution in [1.29, 1.82) is 0 Å². The largest absolute Gasteiger partial charge is 0.494 e. The van der Waals surface area contributed by atoms with Gasteiger partial charge in [-0.05, 0) is 37.5 Å². The maximum Gasteiger partial charge on any atom is 0.144 e. The smallest absolute Gasteiger partial charge is 0.144 e. The highest BCUT2D eigenvalue weighted by molar-refractivity contribution is 6.30. The van der Waals surface area contributed by atoms with E-state index in [1.54, 1.807) is 7.11 Å². The number of nitrogens with zero attached hydrogens (tertiary/aromatic N) is 2. The Hall–Kier alpha value is -1.68. The topological polar surface area (TPSA) is 39.1 Å². The number of fused-ring (bicyclic) bond motifs is 1. The van der Waals surface area contributed by atoms with Crippen molar-refractivity contribution in [3.05, 3.63) is 34.5 Å². The number of ether oxygens (including phenoxy) is 1. The summed E-state index contributed by atoms with van der Waals surface area (Å²) in [4.78, 5) is 0. The molecule has 1 fully saturated rings. The monoisotopic (exact) mass is 331 g/mol. The van der Waals surface area contributed by atoms with E-state index in [0.29, 0.717) is 10.9 Å². The van der Waals surface area contributed by atoms with Gasteiger partial charge in [-0.2, -0.15) is 5.10 Å². The van der Waals surface area contributed by atoms with Gasteiger partial charge >= 0.3 is 0 Å². The third kappa shape index (κ3) is 2.59. The Morgan fingerprint density at radius 2 is 2.09 bits per heavy atom. The van der Waals surface area contributed by atoms with Crippen LogP contribution in [0.25, 0.3) is 5.69 Å². The molecule has 1 aliphatic heterocycles. The molecule has 2 heterocycles. The SMILES string of the molecule is COc1ccc(Cl)cc1-n1nc(C2CCCCC2)c2c1NCC2. The summed E-state index contributed by atoms with van der Waals surface area (Å²) in [7, 11) is 1.69. The van der Waals surface area contributed by atoms with Crippen molar-refractivity contribution in [2.24, 2.45) is 0 Å². The summed E-state index contributed by atoms with van der Waals surface area (Å²) in [5.41, 5.74) is 3.58. The lowest BCUT2D eigenvalue weighted by Crippen LogP contribution is -2.10. The van der Waals surface area contributed by atoms with Gasteiger partial charge in [0.2, 0.25) is 0 Å². The average Bonchev–Trinajstić information content (AvgIpc) is 3.18. The van der Waals surface area contributed by atoms with Crippen molar-refractivity contribution in [1.82, 2.24) is 9.78 Å². The summed E-state index contributed by atoms with van der Waals surface area (Å²) in [5, 5.41) is 9.19. The number of rotatable bonds is 3. The fourth-order valence-corrected chi connectivity index (χ4v) is 4.07. The Kier molecular flexibility index (Phi) is 3.93. The normalized spacial score (nSPS) is 17.8. The van der Waals surface area contributed by atoms with Crippen LogP contribution in [0.1, 0.15) is 49.3 Å². The molecule has 1 aliphatic carbocycles. The second kappa shape index (κ2) is 6.08. The molecule has 4 nitrogen and oxygen atoms in total. The number of hydrogen-bond acceptors (Lipinski definition) is 3. The first kappa shape index (κ1) is 14.9. The van der Waals surface area contributed by atoms with Crippen LogP contribution in [-0.2, 0) is 6.42 Å². The molecule has 2 aromatic rings. The second-order valence-corrected chi connectivity index (χ2v) is 6.89. The van der Waals surface area contributed by atoms with Gasteiger partial charge < -0.3 is 10.1 Å². The first-order valence-corrected chi connectivity index (χ1v) is 8.85. The Balaban J connectivity index is 1.82. The minimum absolute atomic E-state index is 0.601. The van der Waals surface area contributed by atoms with E-state index in [-0.39, 0.29) is 0 Å². The first-order valence-electron chi connectivity index (χ1n) is 8.47. The number of nitrogens with one attached hydrogen (secondary N) is 1. The van der Waals surface area contributed by atoms with Crippen LogP contribution in [0.15, 0.2) is 18.2 Å². The summed E-state index contributed by atoms with van der Waals surface area (Å²) in [5.74, 6) is 2.51. The van der Waals surface area contributed by atoms with Gasteiger partial charge in [0.15, 0.2) is 0 Å². The van der Waals surface area contributed by atoms with E-state index in [9.17, 15) is 0 Å². The van der Waals surface area contributed by atoms with Crippen molar-refractivity contribution in [3.8, 4) is 11.4 Å². The molecular formula is C18H22ClN3O. The van der Waals surface area contributed by atoms with Crippen molar-refractivity contribution < 1.29 is 4.74 Å². The van der Waals surface area contributed by atoms with Gasteiger partial charge in [0, 0.05) is 23.0 Å². The number of methoxy groups -OCH3 is 1. The molecule has 1 aromatic carbocycles. The molecule has 5 heteroatoms. The Labute approximate surface area is 141 Å². The van der Waals surface area contributed by atoms with Gasteiger partial charge in [-0.15, -0.1) is 0 Å². The molecule has 1 N–H and O–H groups in total. The highest BCUT2D eigenvalue weighted by atomic mass is 35.5. The predicted molar refractivity (Wildman–Crippen MR) is 93.1 cm³/mol. The molecule has 4 rings (SSSR count). The van der Waals surface area contributed by atoms with Crippen LogP contribution < -0.4 is 10.1 Å². The summed E-state index contributed by atoms with van der Waals surface area (Å²) in [6.07, 6.45) is 7.58. The Morgan fingerprint density at radius 1 is 1.26 bits per heavy atom. The maximum atomic E-state index is 6.21. The number of aromatic nitrogens is 2. The predicted octanol–water partition coefficient (Wildman–Crippen LogP) is 4.55. The van der Waals surface area contributed by atoms with E-state index >= 15 is 0 Å². The minimum Gasteiger partial charge on any atom is -0.494 e. The van der Waals surface area contributed by atoms with E-state index in [1.165, 1.54) is 43.4 Å². The Morgan fingerprint density at radius 3 is 2.87 bits per heavy atom. The van der Waals surface area contributed by atoms with E-state index in [4.69, 9.17) is 21.4 Å². The molecule has 0 atom stereocenters. The zero-order chi connectivity index (χ0) is 15.8. The Bertz CT molecular complexity index is 719. The highest BCUT2D eigenvalue weighted by Gasteiger charge is 2.29. The first-order chi connectivity index (χ1) is 11.3. The van der Waals surface area contributed by atoms with E-state index < -0.39 is 0 Å². The van der Waals surface area contributed by atoms with E-state index in [1.807, 2.05) is 22.9 Å². The second-order valence-electron chi connectivity index (χ2n) is 6.45.